The van der Waals surface area contributed by atoms with Crippen LogP contribution in [0.15, 0.2) is 0 Å². The van der Waals surface area contributed by atoms with Crippen molar-refractivity contribution in [3.8, 4) is 0 Å². The lowest BCUT2D eigenvalue weighted by Crippen LogP contribution is -2.75. The molecule has 1 fully saturated rings. The third-order valence-corrected chi connectivity index (χ3v) is 4.32. The van der Waals surface area contributed by atoms with E-state index >= 15 is 0 Å². The van der Waals surface area contributed by atoms with Crippen LogP contribution in [-0.4, -0.2) is 41.9 Å². The minimum Gasteiger partial charge on any atom is -0.393 e. The van der Waals surface area contributed by atoms with Crippen LogP contribution in [0.3, 0.4) is 0 Å². The highest BCUT2D eigenvalue weighted by atomic mass is 16.5. The maximum atomic E-state index is 12.2. The number of carbonyl (C=O) groups is 1. The minimum atomic E-state index is -0.850. The maximum Gasteiger partial charge on any atom is 0.240 e. The van der Waals surface area contributed by atoms with Gasteiger partial charge in [0, 0.05) is 25.0 Å². The van der Waals surface area contributed by atoms with Crippen molar-refractivity contribution in [1.82, 2.24) is 5.32 Å². The number of carbonyl (C=O) groups excluding carboxylic acids is 1. The van der Waals surface area contributed by atoms with E-state index in [1.165, 1.54) is 0 Å². The van der Waals surface area contributed by atoms with Crippen LogP contribution < -0.4 is 11.1 Å². The maximum absolute atomic E-state index is 12.2. The fourth-order valence-corrected chi connectivity index (χ4v) is 2.58. The predicted molar refractivity (Wildman–Crippen MR) is 74.7 cm³/mol. The fourth-order valence-electron chi connectivity index (χ4n) is 2.58. The molecule has 0 heterocycles. The molecular formula is C14H28N2O3. The Labute approximate surface area is 115 Å². The van der Waals surface area contributed by atoms with E-state index in [-0.39, 0.29) is 23.5 Å². The summed E-state index contributed by atoms with van der Waals surface area (Å²) in [5.74, 6) is -0.112. The molecule has 0 radical (unpaired) electrons. The summed E-state index contributed by atoms with van der Waals surface area (Å²) in [6, 6.07) is 0. The van der Waals surface area contributed by atoms with Crippen molar-refractivity contribution in [1.29, 1.82) is 0 Å². The highest BCUT2D eigenvalue weighted by Gasteiger charge is 2.62. The molecule has 112 valence electrons. The molecule has 1 aliphatic rings. The van der Waals surface area contributed by atoms with Gasteiger partial charge in [-0.05, 0) is 26.7 Å². The molecule has 0 spiro atoms. The average molecular weight is 272 g/mol. The number of rotatable bonds is 7. The van der Waals surface area contributed by atoms with Crippen LogP contribution in [0.25, 0.3) is 0 Å². The Morgan fingerprint density at radius 3 is 2.68 bits per heavy atom. The van der Waals surface area contributed by atoms with Crippen LogP contribution in [0.2, 0.25) is 0 Å². The summed E-state index contributed by atoms with van der Waals surface area (Å²) in [7, 11) is 0. The zero-order valence-electron chi connectivity index (χ0n) is 12.5. The first kappa shape index (κ1) is 16.4. The second-order valence-corrected chi connectivity index (χ2v) is 6.09. The zero-order chi connectivity index (χ0) is 14.7. The Balaban J connectivity index is 2.44. The minimum absolute atomic E-state index is 0.0470. The molecule has 3 atom stereocenters. The quantitative estimate of drug-likeness (QED) is 0.598. The molecule has 0 aromatic rings. The smallest absolute Gasteiger partial charge is 0.240 e. The van der Waals surface area contributed by atoms with E-state index in [0.717, 1.165) is 6.42 Å². The van der Waals surface area contributed by atoms with Crippen molar-refractivity contribution in [3.63, 3.8) is 0 Å². The van der Waals surface area contributed by atoms with E-state index in [4.69, 9.17) is 15.6 Å². The number of nitrogens with one attached hydrogen (secondary N) is 1. The monoisotopic (exact) mass is 272 g/mol. The molecule has 19 heavy (non-hydrogen) atoms. The molecule has 1 aliphatic carbocycles. The lowest BCUT2D eigenvalue weighted by atomic mass is 9.54. The van der Waals surface area contributed by atoms with Gasteiger partial charge in [-0.3, -0.25) is 4.79 Å². The molecule has 3 unspecified atom stereocenters. The Morgan fingerprint density at radius 1 is 1.58 bits per heavy atom. The van der Waals surface area contributed by atoms with Gasteiger partial charge in [-0.2, -0.15) is 0 Å². The SMILES string of the molecule is CCOC1CC(N)(C(=O)NCCCC(C)O)C1(C)C. The largest absolute Gasteiger partial charge is 0.393 e. The number of aliphatic hydroxyl groups excluding tert-OH is 1. The van der Waals surface area contributed by atoms with Gasteiger partial charge in [-0.1, -0.05) is 13.8 Å². The van der Waals surface area contributed by atoms with Crippen LogP contribution in [-0.2, 0) is 9.53 Å². The van der Waals surface area contributed by atoms with Crippen molar-refractivity contribution < 1.29 is 14.6 Å². The molecule has 0 aromatic carbocycles. The molecular weight excluding hydrogens is 244 g/mol. The molecule has 0 aliphatic heterocycles. The van der Waals surface area contributed by atoms with E-state index in [1.54, 1.807) is 6.92 Å². The molecule has 0 aromatic heterocycles. The average Bonchev–Trinajstić information content (AvgIpc) is 2.33. The first-order valence-corrected chi connectivity index (χ1v) is 7.12. The molecule has 4 N–H and O–H groups in total. The highest BCUT2D eigenvalue weighted by molar-refractivity contribution is 5.88. The normalized spacial score (nSPS) is 30.5. The van der Waals surface area contributed by atoms with Crippen molar-refractivity contribution in [2.45, 2.75) is 64.7 Å². The third-order valence-electron chi connectivity index (χ3n) is 4.32. The molecule has 0 bridgehead atoms. The van der Waals surface area contributed by atoms with E-state index in [1.807, 2.05) is 20.8 Å². The summed E-state index contributed by atoms with van der Waals surface area (Å²) in [4.78, 5) is 12.2. The summed E-state index contributed by atoms with van der Waals surface area (Å²) in [5, 5.41) is 12.0. The highest BCUT2D eigenvalue weighted by Crippen LogP contribution is 2.49. The van der Waals surface area contributed by atoms with Crippen molar-refractivity contribution in [2.24, 2.45) is 11.1 Å². The first-order valence-electron chi connectivity index (χ1n) is 7.12. The van der Waals surface area contributed by atoms with Crippen molar-refractivity contribution >= 4 is 5.91 Å². The van der Waals surface area contributed by atoms with Crippen molar-refractivity contribution in [2.75, 3.05) is 13.2 Å². The van der Waals surface area contributed by atoms with Gasteiger partial charge in [0.15, 0.2) is 0 Å². The van der Waals surface area contributed by atoms with Crippen molar-refractivity contribution in [3.05, 3.63) is 0 Å². The van der Waals surface area contributed by atoms with Crippen LogP contribution in [0.5, 0.6) is 0 Å². The van der Waals surface area contributed by atoms with Crippen LogP contribution in [0.4, 0.5) is 0 Å². The topological polar surface area (TPSA) is 84.6 Å². The predicted octanol–water partition coefficient (Wildman–Crippen LogP) is 0.796. The summed E-state index contributed by atoms with van der Waals surface area (Å²) >= 11 is 0. The van der Waals surface area contributed by atoms with Crippen LogP contribution in [0.1, 0.15) is 47.0 Å². The second-order valence-electron chi connectivity index (χ2n) is 6.09. The molecule has 1 amide bonds. The van der Waals surface area contributed by atoms with Crippen LogP contribution in [0, 0.1) is 5.41 Å². The third kappa shape index (κ3) is 3.27. The summed E-state index contributed by atoms with van der Waals surface area (Å²) < 4.78 is 5.60. The summed E-state index contributed by atoms with van der Waals surface area (Å²) in [6.45, 7) is 8.84. The van der Waals surface area contributed by atoms with Gasteiger partial charge in [0.1, 0.15) is 5.54 Å². The Morgan fingerprint density at radius 2 is 2.21 bits per heavy atom. The molecule has 0 saturated heterocycles. The number of aliphatic hydroxyl groups is 1. The lowest BCUT2D eigenvalue weighted by molar-refractivity contribution is -0.170. The molecule has 5 heteroatoms. The van der Waals surface area contributed by atoms with Gasteiger partial charge in [-0.25, -0.2) is 0 Å². The fraction of sp³-hybridized carbons (Fsp3) is 0.929. The Kier molecular flexibility index (Phi) is 5.35. The van der Waals surface area contributed by atoms with Gasteiger partial charge < -0.3 is 20.9 Å². The van der Waals surface area contributed by atoms with E-state index in [9.17, 15) is 4.79 Å². The number of amides is 1. The van der Waals surface area contributed by atoms with Gasteiger partial charge >= 0.3 is 0 Å². The number of hydrogen-bond acceptors (Lipinski definition) is 4. The van der Waals surface area contributed by atoms with E-state index in [0.29, 0.717) is 26.0 Å². The lowest BCUT2D eigenvalue weighted by Gasteiger charge is -2.57. The van der Waals surface area contributed by atoms with E-state index in [2.05, 4.69) is 5.32 Å². The van der Waals surface area contributed by atoms with Gasteiger partial charge in [0.25, 0.3) is 0 Å². The second kappa shape index (κ2) is 6.20. The number of ether oxygens (including phenoxy) is 1. The summed E-state index contributed by atoms with van der Waals surface area (Å²) in [6.07, 6.45) is 1.73. The molecule has 5 nitrogen and oxygen atoms in total. The molecule has 1 saturated carbocycles. The van der Waals surface area contributed by atoms with E-state index < -0.39 is 5.54 Å². The van der Waals surface area contributed by atoms with Gasteiger partial charge in [0.2, 0.25) is 5.91 Å². The van der Waals surface area contributed by atoms with Gasteiger partial charge in [0.05, 0.1) is 12.2 Å². The Hall–Kier alpha value is -0.650. The standard InChI is InChI=1S/C14H28N2O3/c1-5-19-11-9-14(15,13(11,3)4)12(18)16-8-6-7-10(2)17/h10-11,17H,5-9,15H2,1-4H3,(H,16,18). The Bertz CT molecular complexity index is 318. The number of nitrogens with two attached hydrogens (primary N) is 1. The van der Waals surface area contributed by atoms with Gasteiger partial charge in [-0.15, -0.1) is 0 Å². The van der Waals surface area contributed by atoms with Crippen LogP contribution >= 0.6 is 0 Å². The first-order chi connectivity index (χ1) is 8.75. The number of hydrogen-bond donors (Lipinski definition) is 3. The molecule has 1 rings (SSSR count). The zero-order valence-corrected chi connectivity index (χ0v) is 12.5. The summed E-state index contributed by atoms with van der Waals surface area (Å²) in [5.41, 5.74) is 5.05.